The van der Waals surface area contributed by atoms with Gasteiger partial charge in [-0.1, -0.05) is 29.3 Å². The Morgan fingerprint density at radius 3 is 2.47 bits per heavy atom. The fourth-order valence-corrected chi connectivity index (χ4v) is 3.86. The Morgan fingerprint density at radius 1 is 1.03 bits per heavy atom. The molecule has 0 bridgehead atoms. The molecule has 0 saturated carbocycles. The quantitative estimate of drug-likeness (QED) is 0.446. The second kappa shape index (κ2) is 9.91. The second-order valence-electron chi connectivity index (χ2n) is 6.58. The molecule has 2 aromatic rings. The van der Waals surface area contributed by atoms with Gasteiger partial charge in [-0.3, -0.25) is 14.9 Å². The van der Waals surface area contributed by atoms with Crippen molar-refractivity contribution in [2.45, 2.75) is 20.8 Å². The molecule has 1 aliphatic heterocycles. The lowest BCUT2D eigenvalue weighted by atomic mass is 10.1. The number of aryl methyl sites for hydroxylation is 2. The van der Waals surface area contributed by atoms with E-state index in [1.54, 1.807) is 18.2 Å². The zero-order chi connectivity index (χ0) is 21.7. The van der Waals surface area contributed by atoms with Gasteiger partial charge in [0.05, 0.1) is 16.5 Å². The zero-order valence-corrected chi connectivity index (χ0v) is 18.5. The number of hydrogen-bond acceptors (Lipinski definition) is 6. The van der Waals surface area contributed by atoms with Crippen LogP contribution in [0.4, 0.5) is 4.79 Å². The Morgan fingerprint density at radius 2 is 1.80 bits per heavy atom. The first kappa shape index (κ1) is 22.1. The summed E-state index contributed by atoms with van der Waals surface area (Å²) >= 11 is 7.25. The Bertz CT molecular complexity index is 1010. The highest BCUT2D eigenvalue weighted by atomic mass is 35.5. The molecule has 0 spiro atoms. The van der Waals surface area contributed by atoms with Crippen molar-refractivity contribution >= 4 is 40.6 Å². The van der Waals surface area contributed by atoms with Crippen molar-refractivity contribution < 1.29 is 23.8 Å². The minimum absolute atomic E-state index is 0.278. The van der Waals surface area contributed by atoms with Gasteiger partial charge in [-0.25, -0.2) is 0 Å². The topological polar surface area (TPSA) is 73.9 Å². The molecule has 0 radical (unpaired) electrons. The van der Waals surface area contributed by atoms with Gasteiger partial charge in [-0.2, -0.15) is 0 Å². The summed E-state index contributed by atoms with van der Waals surface area (Å²) in [7, 11) is 0. The third-order valence-corrected chi connectivity index (χ3v) is 5.28. The average Bonchev–Trinajstić information content (AvgIpc) is 2.99. The summed E-state index contributed by atoms with van der Waals surface area (Å²) in [5.74, 6) is 1.25. The van der Waals surface area contributed by atoms with E-state index in [2.05, 4.69) is 11.4 Å². The highest BCUT2D eigenvalue weighted by Crippen LogP contribution is 2.38. The molecule has 2 aromatic carbocycles. The summed E-state index contributed by atoms with van der Waals surface area (Å²) < 4.78 is 17.3. The third-order valence-electron chi connectivity index (χ3n) is 4.19. The van der Waals surface area contributed by atoms with E-state index in [9.17, 15) is 9.59 Å². The standard InChI is InChI=1S/C22H22ClNO5S/c1-4-27-18-11-15(12-19-21(25)24-22(26)30-19)10-16(23)20(18)29-8-7-28-17-6-5-13(2)9-14(17)3/h5-6,9-12H,4,7-8H2,1-3H3,(H,24,25,26)/b19-12+. The van der Waals surface area contributed by atoms with Crippen molar-refractivity contribution in [1.29, 1.82) is 0 Å². The molecular weight excluding hydrogens is 426 g/mol. The van der Waals surface area contributed by atoms with E-state index >= 15 is 0 Å². The zero-order valence-electron chi connectivity index (χ0n) is 16.9. The fraction of sp³-hybridized carbons (Fsp3) is 0.273. The van der Waals surface area contributed by atoms with Crippen molar-refractivity contribution in [3.63, 3.8) is 0 Å². The van der Waals surface area contributed by atoms with E-state index < -0.39 is 11.1 Å². The number of carbonyl (C=O) groups excluding carboxylic acids is 2. The van der Waals surface area contributed by atoms with E-state index in [1.807, 2.05) is 32.9 Å². The van der Waals surface area contributed by atoms with Crippen LogP contribution in [0.5, 0.6) is 17.2 Å². The molecule has 3 rings (SSSR count). The molecule has 1 heterocycles. The molecule has 0 aliphatic carbocycles. The summed E-state index contributed by atoms with van der Waals surface area (Å²) in [4.78, 5) is 23.4. The van der Waals surface area contributed by atoms with Gasteiger partial charge in [0.2, 0.25) is 0 Å². The summed E-state index contributed by atoms with van der Waals surface area (Å²) in [6, 6.07) is 9.38. The monoisotopic (exact) mass is 447 g/mol. The van der Waals surface area contributed by atoms with Crippen LogP contribution in [0.2, 0.25) is 5.02 Å². The van der Waals surface area contributed by atoms with E-state index in [4.69, 9.17) is 25.8 Å². The lowest BCUT2D eigenvalue weighted by Gasteiger charge is -2.15. The Kier molecular flexibility index (Phi) is 7.29. The lowest BCUT2D eigenvalue weighted by Crippen LogP contribution is -2.17. The molecule has 0 unspecified atom stereocenters. The van der Waals surface area contributed by atoms with Gasteiger partial charge in [0, 0.05) is 0 Å². The molecule has 1 N–H and O–H groups in total. The fourth-order valence-electron chi connectivity index (χ4n) is 2.90. The largest absolute Gasteiger partial charge is 0.490 e. The lowest BCUT2D eigenvalue weighted by molar-refractivity contribution is -0.115. The Balaban J connectivity index is 1.70. The summed E-state index contributed by atoms with van der Waals surface area (Å²) in [6.07, 6.45) is 1.59. The number of benzene rings is 2. The number of carbonyl (C=O) groups is 2. The minimum atomic E-state index is -0.428. The number of nitrogens with one attached hydrogen (secondary N) is 1. The van der Waals surface area contributed by atoms with Crippen LogP contribution in [-0.4, -0.2) is 31.0 Å². The first-order chi connectivity index (χ1) is 14.4. The molecule has 8 heteroatoms. The highest BCUT2D eigenvalue weighted by Gasteiger charge is 2.25. The Labute approximate surface area is 184 Å². The summed E-state index contributed by atoms with van der Waals surface area (Å²) in [5, 5.41) is 2.17. The van der Waals surface area contributed by atoms with Gasteiger partial charge >= 0.3 is 0 Å². The first-order valence-corrected chi connectivity index (χ1v) is 10.6. The molecule has 1 fully saturated rings. The number of thioether (sulfide) groups is 1. The molecule has 0 aromatic heterocycles. The maximum absolute atomic E-state index is 11.8. The normalized spacial score (nSPS) is 14.7. The van der Waals surface area contributed by atoms with Gasteiger partial charge in [0.25, 0.3) is 11.1 Å². The van der Waals surface area contributed by atoms with E-state index in [1.165, 1.54) is 5.56 Å². The summed E-state index contributed by atoms with van der Waals surface area (Å²) in [6.45, 7) is 6.92. The van der Waals surface area contributed by atoms with Gasteiger partial charge in [0.1, 0.15) is 19.0 Å². The number of rotatable bonds is 8. The highest BCUT2D eigenvalue weighted by molar-refractivity contribution is 8.18. The van der Waals surface area contributed by atoms with Crippen molar-refractivity contribution in [3.05, 3.63) is 56.9 Å². The van der Waals surface area contributed by atoms with Gasteiger partial charge in [-0.05, 0) is 67.9 Å². The molecule has 158 valence electrons. The van der Waals surface area contributed by atoms with Crippen molar-refractivity contribution in [3.8, 4) is 17.2 Å². The van der Waals surface area contributed by atoms with E-state index in [-0.39, 0.29) is 6.61 Å². The SMILES string of the molecule is CCOc1cc(/C=C2/SC(=O)NC2=O)cc(Cl)c1OCCOc1ccc(C)cc1C. The van der Waals surface area contributed by atoms with Gasteiger partial charge in [-0.15, -0.1) is 0 Å². The smallest absolute Gasteiger partial charge is 0.290 e. The number of hydrogen-bond donors (Lipinski definition) is 1. The third kappa shape index (κ3) is 5.49. The Hall–Kier alpha value is -2.64. The van der Waals surface area contributed by atoms with Crippen LogP contribution in [0.25, 0.3) is 6.08 Å². The number of halogens is 1. The van der Waals surface area contributed by atoms with Crippen LogP contribution in [0.1, 0.15) is 23.6 Å². The predicted octanol–water partition coefficient (Wildman–Crippen LogP) is 5.14. The molecule has 1 aliphatic rings. The van der Waals surface area contributed by atoms with Crippen molar-refractivity contribution in [2.75, 3.05) is 19.8 Å². The second-order valence-corrected chi connectivity index (χ2v) is 8.00. The molecule has 6 nitrogen and oxygen atoms in total. The van der Waals surface area contributed by atoms with Crippen LogP contribution in [0, 0.1) is 13.8 Å². The maximum atomic E-state index is 11.8. The summed E-state index contributed by atoms with van der Waals surface area (Å²) in [5.41, 5.74) is 2.87. The number of imide groups is 1. The molecule has 30 heavy (non-hydrogen) atoms. The molecular formula is C22H22ClNO5S. The maximum Gasteiger partial charge on any atom is 0.290 e. The van der Waals surface area contributed by atoms with Crippen molar-refractivity contribution in [2.24, 2.45) is 0 Å². The molecule has 1 saturated heterocycles. The average molecular weight is 448 g/mol. The minimum Gasteiger partial charge on any atom is -0.490 e. The predicted molar refractivity (Wildman–Crippen MR) is 119 cm³/mol. The molecule has 2 amide bonds. The van der Waals surface area contributed by atoms with Gasteiger partial charge < -0.3 is 14.2 Å². The number of ether oxygens (including phenoxy) is 3. The first-order valence-electron chi connectivity index (χ1n) is 9.41. The van der Waals surface area contributed by atoms with Crippen LogP contribution in [0.15, 0.2) is 35.2 Å². The van der Waals surface area contributed by atoms with Crippen LogP contribution < -0.4 is 19.5 Å². The van der Waals surface area contributed by atoms with Crippen LogP contribution in [-0.2, 0) is 4.79 Å². The molecule has 0 atom stereocenters. The number of amides is 2. The van der Waals surface area contributed by atoms with Crippen LogP contribution >= 0.6 is 23.4 Å². The van der Waals surface area contributed by atoms with Gasteiger partial charge in [0.15, 0.2) is 11.5 Å². The van der Waals surface area contributed by atoms with E-state index in [0.29, 0.717) is 40.2 Å². The van der Waals surface area contributed by atoms with E-state index in [0.717, 1.165) is 23.1 Å². The van der Waals surface area contributed by atoms with Crippen molar-refractivity contribution in [1.82, 2.24) is 5.32 Å². The van der Waals surface area contributed by atoms with Crippen LogP contribution in [0.3, 0.4) is 0 Å².